The highest BCUT2D eigenvalue weighted by atomic mass is 16.2. The lowest BCUT2D eigenvalue weighted by molar-refractivity contribution is -0.155. The second kappa shape index (κ2) is 5.11. The summed E-state index contributed by atoms with van der Waals surface area (Å²) in [7, 11) is 1.66. The Hall–Kier alpha value is -1.10. The molecule has 86 valence electrons. The maximum atomic E-state index is 11.6. The minimum absolute atomic E-state index is 0.232. The van der Waals surface area contributed by atoms with Crippen molar-refractivity contribution in [3.05, 3.63) is 0 Å². The Morgan fingerprint density at radius 1 is 1.33 bits per heavy atom. The fourth-order valence-electron chi connectivity index (χ4n) is 1.69. The zero-order valence-corrected chi connectivity index (χ0v) is 9.62. The normalized spacial score (nSPS) is 19.7. The number of piperazine rings is 1. The number of carbonyl (C=O) groups is 2. The van der Waals surface area contributed by atoms with E-state index in [-0.39, 0.29) is 11.9 Å². The third-order valence-electron chi connectivity index (χ3n) is 2.57. The van der Waals surface area contributed by atoms with Crippen LogP contribution in [0.25, 0.3) is 0 Å². The number of rotatable bonds is 4. The highest BCUT2D eigenvalue weighted by molar-refractivity contribution is 6.35. The van der Waals surface area contributed by atoms with E-state index in [9.17, 15) is 9.59 Å². The number of nitrogens with one attached hydrogen (secondary N) is 1. The molecule has 1 heterocycles. The molecule has 1 N–H and O–H groups in total. The molecule has 0 aromatic rings. The summed E-state index contributed by atoms with van der Waals surface area (Å²) in [6, 6.07) is 0.232. The number of hydrogen-bond donors (Lipinski definition) is 1. The van der Waals surface area contributed by atoms with E-state index in [2.05, 4.69) is 5.32 Å². The summed E-state index contributed by atoms with van der Waals surface area (Å²) < 4.78 is 0. The molecule has 1 aliphatic rings. The first-order valence-electron chi connectivity index (χ1n) is 5.34. The van der Waals surface area contributed by atoms with E-state index >= 15 is 0 Å². The van der Waals surface area contributed by atoms with Gasteiger partial charge in [0, 0.05) is 32.7 Å². The van der Waals surface area contributed by atoms with E-state index in [4.69, 9.17) is 0 Å². The summed E-state index contributed by atoms with van der Waals surface area (Å²) in [6.07, 6.45) is 0. The van der Waals surface area contributed by atoms with Crippen LogP contribution >= 0.6 is 0 Å². The molecule has 1 unspecified atom stereocenters. The van der Waals surface area contributed by atoms with E-state index in [0.29, 0.717) is 19.6 Å². The van der Waals surface area contributed by atoms with Gasteiger partial charge in [-0.15, -0.1) is 0 Å². The summed E-state index contributed by atoms with van der Waals surface area (Å²) in [4.78, 5) is 26.1. The van der Waals surface area contributed by atoms with Gasteiger partial charge in [-0.2, -0.15) is 0 Å². The Morgan fingerprint density at radius 3 is 2.60 bits per heavy atom. The molecular weight excluding hydrogens is 194 g/mol. The topological polar surface area (TPSA) is 52.6 Å². The van der Waals surface area contributed by atoms with E-state index in [0.717, 1.165) is 6.54 Å². The molecule has 5 nitrogen and oxygen atoms in total. The summed E-state index contributed by atoms with van der Waals surface area (Å²) in [6.45, 7) is 6.77. The quantitative estimate of drug-likeness (QED) is 0.627. The minimum atomic E-state index is -0.398. The molecule has 1 aliphatic heterocycles. The van der Waals surface area contributed by atoms with Crippen LogP contribution in [0.15, 0.2) is 0 Å². The summed E-state index contributed by atoms with van der Waals surface area (Å²) >= 11 is 0. The van der Waals surface area contributed by atoms with Crippen molar-refractivity contribution in [2.24, 2.45) is 0 Å². The van der Waals surface area contributed by atoms with Crippen molar-refractivity contribution >= 4 is 11.8 Å². The summed E-state index contributed by atoms with van der Waals surface area (Å²) in [5, 5.41) is 3.22. The second-order valence-electron chi connectivity index (χ2n) is 3.94. The van der Waals surface area contributed by atoms with Crippen LogP contribution in [-0.4, -0.2) is 60.9 Å². The fourth-order valence-corrected chi connectivity index (χ4v) is 1.69. The maximum absolute atomic E-state index is 11.6. The Labute approximate surface area is 90.4 Å². The van der Waals surface area contributed by atoms with Gasteiger partial charge in [0.05, 0.1) is 0 Å². The third-order valence-corrected chi connectivity index (χ3v) is 2.57. The van der Waals surface area contributed by atoms with Crippen LogP contribution in [0.5, 0.6) is 0 Å². The number of carbonyl (C=O) groups excluding carboxylic acids is 2. The lowest BCUT2D eigenvalue weighted by atomic mass is 10.2. The van der Waals surface area contributed by atoms with Gasteiger partial charge in [0.25, 0.3) is 0 Å². The van der Waals surface area contributed by atoms with Crippen LogP contribution in [0.1, 0.15) is 13.8 Å². The predicted molar refractivity (Wildman–Crippen MR) is 57.4 cm³/mol. The van der Waals surface area contributed by atoms with Crippen molar-refractivity contribution < 1.29 is 9.59 Å². The van der Waals surface area contributed by atoms with Crippen LogP contribution in [0.2, 0.25) is 0 Å². The molecule has 0 aliphatic carbocycles. The lowest BCUT2D eigenvalue weighted by Gasteiger charge is -2.33. The standard InChI is InChI=1S/C10H19N3O2/c1-4-11-8(2)7-13-6-5-12(3)9(14)10(13)15/h8,11H,4-7H2,1-3H3. The van der Waals surface area contributed by atoms with Crippen LogP contribution in [0.4, 0.5) is 0 Å². The Morgan fingerprint density at radius 2 is 2.00 bits per heavy atom. The fraction of sp³-hybridized carbons (Fsp3) is 0.800. The molecule has 2 amide bonds. The molecule has 1 saturated heterocycles. The van der Waals surface area contributed by atoms with Crippen molar-refractivity contribution in [1.82, 2.24) is 15.1 Å². The minimum Gasteiger partial charge on any atom is -0.336 e. The molecule has 1 atom stereocenters. The van der Waals surface area contributed by atoms with Crippen molar-refractivity contribution in [2.45, 2.75) is 19.9 Å². The number of nitrogens with zero attached hydrogens (tertiary/aromatic N) is 2. The molecule has 0 bridgehead atoms. The first-order chi connectivity index (χ1) is 7.06. The average molecular weight is 213 g/mol. The van der Waals surface area contributed by atoms with Crippen LogP contribution in [0.3, 0.4) is 0 Å². The van der Waals surface area contributed by atoms with E-state index in [1.165, 1.54) is 4.90 Å². The molecule has 0 aromatic heterocycles. The maximum Gasteiger partial charge on any atom is 0.312 e. The number of hydrogen-bond acceptors (Lipinski definition) is 3. The summed E-state index contributed by atoms with van der Waals surface area (Å²) in [5.74, 6) is -0.779. The molecule has 0 aromatic carbocycles. The van der Waals surface area contributed by atoms with Crippen molar-refractivity contribution in [1.29, 1.82) is 0 Å². The van der Waals surface area contributed by atoms with E-state index in [1.54, 1.807) is 11.9 Å². The molecule has 0 spiro atoms. The van der Waals surface area contributed by atoms with Crippen LogP contribution in [-0.2, 0) is 9.59 Å². The molecule has 0 radical (unpaired) electrons. The molecule has 1 rings (SSSR count). The zero-order valence-electron chi connectivity index (χ0n) is 9.62. The average Bonchev–Trinajstić information content (AvgIpc) is 2.20. The lowest BCUT2D eigenvalue weighted by Crippen LogP contribution is -2.55. The summed E-state index contributed by atoms with van der Waals surface area (Å²) in [5.41, 5.74) is 0. The predicted octanol–water partition coefficient (Wildman–Crippen LogP) is -0.715. The first kappa shape index (κ1) is 12.0. The Bertz CT molecular complexity index is 255. The monoisotopic (exact) mass is 213 g/mol. The van der Waals surface area contributed by atoms with Gasteiger partial charge in [-0.25, -0.2) is 0 Å². The molecular formula is C10H19N3O2. The largest absolute Gasteiger partial charge is 0.336 e. The Balaban J connectivity index is 2.49. The van der Waals surface area contributed by atoms with Crippen molar-refractivity contribution in [3.8, 4) is 0 Å². The number of likely N-dealkylation sites (N-methyl/N-ethyl adjacent to an activating group) is 2. The third kappa shape index (κ3) is 2.92. The van der Waals surface area contributed by atoms with Gasteiger partial charge in [-0.3, -0.25) is 9.59 Å². The smallest absolute Gasteiger partial charge is 0.312 e. The number of amides is 2. The zero-order chi connectivity index (χ0) is 11.4. The van der Waals surface area contributed by atoms with Crippen LogP contribution in [0, 0.1) is 0 Å². The molecule has 15 heavy (non-hydrogen) atoms. The first-order valence-corrected chi connectivity index (χ1v) is 5.34. The van der Waals surface area contributed by atoms with E-state index in [1.807, 2.05) is 13.8 Å². The van der Waals surface area contributed by atoms with Gasteiger partial charge in [0.1, 0.15) is 0 Å². The second-order valence-corrected chi connectivity index (χ2v) is 3.94. The molecule has 0 saturated carbocycles. The van der Waals surface area contributed by atoms with Gasteiger partial charge >= 0.3 is 11.8 Å². The van der Waals surface area contributed by atoms with Gasteiger partial charge in [-0.1, -0.05) is 6.92 Å². The molecule has 5 heteroatoms. The highest BCUT2D eigenvalue weighted by Crippen LogP contribution is 2.03. The van der Waals surface area contributed by atoms with Gasteiger partial charge in [0.2, 0.25) is 0 Å². The van der Waals surface area contributed by atoms with E-state index < -0.39 is 5.91 Å². The highest BCUT2D eigenvalue weighted by Gasteiger charge is 2.30. The SMILES string of the molecule is CCNC(C)CN1CCN(C)C(=O)C1=O. The van der Waals surface area contributed by atoms with Crippen molar-refractivity contribution in [3.63, 3.8) is 0 Å². The van der Waals surface area contributed by atoms with Crippen molar-refractivity contribution in [2.75, 3.05) is 33.2 Å². The van der Waals surface area contributed by atoms with Gasteiger partial charge < -0.3 is 15.1 Å². The van der Waals surface area contributed by atoms with Gasteiger partial charge in [0.15, 0.2) is 0 Å². The van der Waals surface area contributed by atoms with Crippen LogP contribution < -0.4 is 5.32 Å². The molecule has 1 fully saturated rings. The van der Waals surface area contributed by atoms with Gasteiger partial charge in [-0.05, 0) is 13.5 Å². The Kier molecular flexibility index (Phi) is 4.08.